The molecule has 0 saturated carbocycles. The van der Waals surface area contributed by atoms with Gasteiger partial charge in [0, 0.05) is 24.2 Å². The van der Waals surface area contributed by atoms with Gasteiger partial charge in [-0.05, 0) is 42.5 Å². The van der Waals surface area contributed by atoms with E-state index in [9.17, 15) is 23.6 Å². The fraction of sp³-hybridized carbons (Fsp3) is 0.190. The normalized spacial score (nSPS) is 13.3. The van der Waals surface area contributed by atoms with Crippen LogP contribution in [0.4, 0.5) is 15.8 Å². The van der Waals surface area contributed by atoms with Gasteiger partial charge in [-0.3, -0.25) is 14.4 Å². The highest BCUT2D eigenvalue weighted by Crippen LogP contribution is 2.15. The van der Waals surface area contributed by atoms with Crippen LogP contribution in [-0.4, -0.2) is 48.1 Å². The number of halogens is 1. The number of hydrogen-bond acceptors (Lipinski definition) is 6. The highest BCUT2D eigenvalue weighted by atomic mass is 19.1. The number of rotatable bonds is 6. The van der Waals surface area contributed by atoms with Gasteiger partial charge < -0.3 is 15.4 Å². The van der Waals surface area contributed by atoms with Crippen LogP contribution in [0.2, 0.25) is 0 Å². The second kappa shape index (κ2) is 9.61. The summed E-state index contributed by atoms with van der Waals surface area (Å²) in [5.74, 6) is -2.50. The lowest BCUT2D eigenvalue weighted by atomic mass is 10.1. The molecular formula is C21H19FN4O5. The standard InChI is InChI=1S/C21H19FN4O5/c1-31-21(30)13-3-2-4-16(11-13)23-18(27)12-26-19(28)10-9-17(25-26)20(29)24-15-7-5-14(22)6-8-15/h2-8,11H,9-10,12H2,1H3,(H,23,27)(H,24,29). The molecule has 10 heteroatoms. The van der Waals surface area contributed by atoms with Crippen molar-refractivity contribution >= 4 is 40.8 Å². The number of benzene rings is 2. The Kier molecular flexibility index (Phi) is 6.71. The molecule has 1 aliphatic heterocycles. The molecule has 31 heavy (non-hydrogen) atoms. The average Bonchev–Trinajstić information content (AvgIpc) is 2.76. The maximum atomic E-state index is 13.0. The number of methoxy groups -OCH3 is 1. The van der Waals surface area contributed by atoms with Gasteiger partial charge in [0.25, 0.3) is 5.91 Å². The van der Waals surface area contributed by atoms with Crippen molar-refractivity contribution in [2.45, 2.75) is 12.8 Å². The van der Waals surface area contributed by atoms with E-state index in [0.717, 1.165) is 5.01 Å². The molecule has 1 heterocycles. The second-order valence-corrected chi connectivity index (χ2v) is 6.58. The van der Waals surface area contributed by atoms with E-state index in [1.165, 1.54) is 43.5 Å². The molecule has 0 aromatic heterocycles. The Hall–Kier alpha value is -4.08. The molecule has 0 saturated heterocycles. The summed E-state index contributed by atoms with van der Waals surface area (Å²) < 4.78 is 17.6. The first-order valence-corrected chi connectivity index (χ1v) is 9.28. The van der Waals surface area contributed by atoms with Crippen molar-refractivity contribution in [3.63, 3.8) is 0 Å². The Morgan fingerprint density at radius 1 is 1.06 bits per heavy atom. The molecule has 3 amide bonds. The summed E-state index contributed by atoms with van der Waals surface area (Å²) in [4.78, 5) is 48.5. The molecule has 2 aromatic rings. The zero-order chi connectivity index (χ0) is 22.4. The molecule has 9 nitrogen and oxygen atoms in total. The highest BCUT2D eigenvalue weighted by Gasteiger charge is 2.26. The third-order valence-corrected chi connectivity index (χ3v) is 4.33. The predicted molar refractivity (Wildman–Crippen MR) is 110 cm³/mol. The lowest BCUT2D eigenvalue weighted by molar-refractivity contribution is -0.135. The molecular weight excluding hydrogens is 407 g/mol. The summed E-state index contributed by atoms with van der Waals surface area (Å²) in [5, 5.41) is 10.1. The Morgan fingerprint density at radius 3 is 2.52 bits per heavy atom. The summed E-state index contributed by atoms with van der Waals surface area (Å²) in [5.41, 5.74) is 1.05. The van der Waals surface area contributed by atoms with Gasteiger partial charge >= 0.3 is 5.97 Å². The second-order valence-electron chi connectivity index (χ2n) is 6.58. The highest BCUT2D eigenvalue weighted by molar-refractivity contribution is 6.43. The van der Waals surface area contributed by atoms with Gasteiger partial charge in [0.1, 0.15) is 18.1 Å². The van der Waals surface area contributed by atoms with E-state index in [2.05, 4.69) is 20.5 Å². The summed E-state index contributed by atoms with van der Waals surface area (Å²) >= 11 is 0. The van der Waals surface area contributed by atoms with Crippen LogP contribution >= 0.6 is 0 Å². The van der Waals surface area contributed by atoms with Crippen molar-refractivity contribution in [2.24, 2.45) is 5.10 Å². The lowest BCUT2D eigenvalue weighted by Gasteiger charge is -2.22. The van der Waals surface area contributed by atoms with Crippen LogP contribution in [0.5, 0.6) is 0 Å². The first-order valence-electron chi connectivity index (χ1n) is 9.28. The number of anilines is 2. The monoisotopic (exact) mass is 426 g/mol. The van der Waals surface area contributed by atoms with Crippen LogP contribution in [0.3, 0.4) is 0 Å². The van der Waals surface area contributed by atoms with Crippen molar-refractivity contribution in [3.05, 3.63) is 59.9 Å². The smallest absolute Gasteiger partial charge is 0.337 e. The predicted octanol–water partition coefficient (Wildman–Crippen LogP) is 2.17. The summed E-state index contributed by atoms with van der Waals surface area (Å²) in [6.07, 6.45) is 0.131. The van der Waals surface area contributed by atoms with Crippen LogP contribution in [0.25, 0.3) is 0 Å². The van der Waals surface area contributed by atoms with E-state index in [4.69, 9.17) is 0 Å². The van der Waals surface area contributed by atoms with Gasteiger partial charge in [-0.15, -0.1) is 0 Å². The summed E-state index contributed by atoms with van der Waals surface area (Å²) in [7, 11) is 1.25. The zero-order valence-electron chi connectivity index (χ0n) is 16.6. The van der Waals surface area contributed by atoms with Crippen LogP contribution in [-0.2, 0) is 19.1 Å². The van der Waals surface area contributed by atoms with E-state index in [0.29, 0.717) is 11.4 Å². The molecule has 1 aliphatic rings. The number of ether oxygens (including phenoxy) is 1. The molecule has 0 aliphatic carbocycles. The number of nitrogens with zero attached hydrogens (tertiary/aromatic N) is 2. The number of amides is 3. The van der Waals surface area contributed by atoms with Crippen LogP contribution in [0.15, 0.2) is 53.6 Å². The van der Waals surface area contributed by atoms with Gasteiger partial charge in [-0.2, -0.15) is 5.10 Å². The van der Waals surface area contributed by atoms with Crippen LogP contribution in [0, 0.1) is 5.82 Å². The first kappa shape index (κ1) is 21.6. The van der Waals surface area contributed by atoms with E-state index in [-0.39, 0.29) is 24.1 Å². The number of nitrogens with one attached hydrogen (secondary N) is 2. The minimum atomic E-state index is -0.556. The molecule has 0 radical (unpaired) electrons. The largest absolute Gasteiger partial charge is 0.465 e. The number of carbonyl (C=O) groups excluding carboxylic acids is 4. The fourth-order valence-corrected chi connectivity index (χ4v) is 2.80. The summed E-state index contributed by atoms with van der Waals surface area (Å²) in [6.45, 7) is -0.408. The molecule has 160 valence electrons. The molecule has 0 atom stereocenters. The minimum Gasteiger partial charge on any atom is -0.465 e. The number of carbonyl (C=O) groups is 4. The quantitative estimate of drug-likeness (QED) is 0.687. The van der Waals surface area contributed by atoms with Crippen molar-refractivity contribution in [1.82, 2.24) is 5.01 Å². The maximum absolute atomic E-state index is 13.0. The third-order valence-electron chi connectivity index (χ3n) is 4.33. The van der Waals surface area contributed by atoms with Gasteiger partial charge in [-0.25, -0.2) is 14.2 Å². The van der Waals surface area contributed by atoms with Crippen molar-refractivity contribution in [3.8, 4) is 0 Å². The van der Waals surface area contributed by atoms with Gasteiger partial charge in [0.2, 0.25) is 11.8 Å². The molecule has 3 rings (SSSR count). The van der Waals surface area contributed by atoms with Crippen molar-refractivity contribution < 1.29 is 28.3 Å². The number of esters is 1. The Labute approximate surface area is 176 Å². The zero-order valence-corrected chi connectivity index (χ0v) is 16.6. The maximum Gasteiger partial charge on any atom is 0.337 e. The van der Waals surface area contributed by atoms with Gasteiger partial charge in [0.15, 0.2) is 0 Å². The molecule has 0 spiro atoms. The molecule has 2 aromatic carbocycles. The molecule has 0 fully saturated rings. The Balaban J connectivity index is 1.65. The van der Waals surface area contributed by atoms with Crippen LogP contribution < -0.4 is 10.6 Å². The van der Waals surface area contributed by atoms with E-state index in [1.807, 2.05) is 0 Å². The average molecular weight is 426 g/mol. The summed E-state index contributed by atoms with van der Waals surface area (Å²) in [6, 6.07) is 11.3. The third kappa shape index (κ3) is 5.72. The SMILES string of the molecule is COC(=O)c1cccc(NC(=O)CN2N=C(C(=O)Nc3ccc(F)cc3)CCC2=O)c1. The number of hydrogen-bond donors (Lipinski definition) is 2. The van der Waals surface area contributed by atoms with E-state index >= 15 is 0 Å². The van der Waals surface area contributed by atoms with Crippen molar-refractivity contribution in [2.75, 3.05) is 24.3 Å². The topological polar surface area (TPSA) is 117 Å². The van der Waals surface area contributed by atoms with Gasteiger partial charge in [-0.1, -0.05) is 6.07 Å². The number of hydrazone groups is 1. The molecule has 0 bridgehead atoms. The fourth-order valence-electron chi connectivity index (χ4n) is 2.80. The first-order chi connectivity index (χ1) is 14.9. The van der Waals surface area contributed by atoms with E-state index < -0.39 is 36.1 Å². The lowest BCUT2D eigenvalue weighted by Crippen LogP contribution is -2.40. The Bertz CT molecular complexity index is 1050. The van der Waals surface area contributed by atoms with Crippen LogP contribution in [0.1, 0.15) is 23.2 Å². The molecule has 2 N–H and O–H groups in total. The van der Waals surface area contributed by atoms with E-state index in [1.54, 1.807) is 12.1 Å². The Morgan fingerprint density at radius 2 is 1.81 bits per heavy atom. The van der Waals surface area contributed by atoms with Gasteiger partial charge in [0.05, 0.1) is 12.7 Å². The minimum absolute atomic E-state index is 0.0147. The molecule has 0 unspecified atom stereocenters. The van der Waals surface area contributed by atoms with Crippen molar-refractivity contribution in [1.29, 1.82) is 0 Å².